The third kappa shape index (κ3) is 9.14. The summed E-state index contributed by atoms with van der Waals surface area (Å²) in [6.45, 7) is 3.87. The lowest BCUT2D eigenvalue weighted by Crippen LogP contribution is -2.41. The summed E-state index contributed by atoms with van der Waals surface area (Å²) in [4.78, 5) is 37.5. The highest BCUT2D eigenvalue weighted by atomic mass is 35.5. The zero-order valence-electron chi connectivity index (χ0n) is 24.3. The Labute approximate surface area is 260 Å². The quantitative estimate of drug-likeness (QED) is 0.209. The van der Waals surface area contributed by atoms with E-state index in [4.69, 9.17) is 16.3 Å². The molecule has 4 rings (SSSR count). The molecule has 1 unspecified atom stereocenters. The first kappa shape index (κ1) is 33.2. The molecule has 0 spiro atoms. The van der Waals surface area contributed by atoms with Crippen LogP contribution in [-0.4, -0.2) is 61.6 Å². The molecule has 1 heterocycles. The van der Waals surface area contributed by atoms with Gasteiger partial charge in [0, 0.05) is 28.6 Å². The number of rotatable bonds is 14. The molecule has 2 aliphatic rings. The van der Waals surface area contributed by atoms with E-state index in [9.17, 15) is 27.0 Å². The predicted octanol–water partition coefficient (Wildman–Crippen LogP) is 4.90. The molecule has 16 heteroatoms. The van der Waals surface area contributed by atoms with Crippen LogP contribution in [0.15, 0.2) is 47.0 Å². The Balaban J connectivity index is 1.44. The van der Waals surface area contributed by atoms with Crippen molar-refractivity contribution in [1.29, 1.82) is 0 Å². The van der Waals surface area contributed by atoms with Crippen LogP contribution in [-0.2, 0) is 15.8 Å². The number of amides is 2. The average Bonchev–Trinajstić information content (AvgIpc) is 3.90. The normalized spacial score (nSPS) is 17.7. The summed E-state index contributed by atoms with van der Waals surface area (Å²) in [5.41, 5.74) is 0.467. The molecule has 2 aliphatic carbocycles. The molecule has 1 aromatic carbocycles. The average molecular weight is 656 g/mol. The SMILES string of the molecule is CCS(=O)NC(=O)C1(CNC(=O)c2ccc(Nc3nc(NC4(C(C)=CC=C(C)Cl)CC4)nc(OCC(F)(F)F)n3)cc2)CC1. The van der Waals surface area contributed by atoms with Crippen LogP contribution >= 0.6 is 11.6 Å². The van der Waals surface area contributed by atoms with Gasteiger partial charge in [0.2, 0.25) is 17.8 Å². The van der Waals surface area contributed by atoms with E-state index >= 15 is 0 Å². The lowest BCUT2D eigenvalue weighted by atomic mass is 10.1. The minimum absolute atomic E-state index is 0.0216. The number of hydrogen-bond acceptors (Lipinski definition) is 9. The van der Waals surface area contributed by atoms with Gasteiger partial charge < -0.3 is 20.7 Å². The van der Waals surface area contributed by atoms with Gasteiger partial charge in [-0.15, -0.1) is 0 Å². The summed E-state index contributed by atoms with van der Waals surface area (Å²) in [6.07, 6.45) is 1.69. The van der Waals surface area contributed by atoms with Crippen LogP contribution in [0.3, 0.4) is 0 Å². The fraction of sp³-hybridized carbons (Fsp3) is 0.464. The standard InChI is InChI=1S/C28H33ClF3N7O4S/c1-4-44(42)39-22(41)26(11-12-26)15-33-21(40)19-7-9-20(10-8-19)34-23-35-24(37-25(36-23)43-16-28(30,31)32)38-27(13-14-27)17(2)5-6-18(3)29/h5-10H,4,11-16H2,1-3H3,(H,33,40)(H,39,41)(H2,34,35,36,37,38). The number of allylic oxidation sites excluding steroid dienone is 3. The first-order chi connectivity index (χ1) is 20.7. The van der Waals surface area contributed by atoms with Crippen LogP contribution in [0.2, 0.25) is 0 Å². The number of halogens is 4. The number of anilines is 3. The number of aromatic nitrogens is 3. The van der Waals surface area contributed by atoms with Crippen molar-refractivity contribution in [2.75, 3.05) is 29.5 Å². The summed E-state index contributed by atoms with van der Waals surface area (Å²) in [7, 11) is -1.45. The van der Waals surface area contributed by atoms with Crippen molar-refractivity contribution in [3.8, 4) is 6.01 Å². The van der Waals surface area contributed by atoms with Crippen LogP contribution in [0.5, 0.6) is 6.01 Å². The van der Waals surface area contributed by atoms with Crippen molar-refractivity contribution >= 4 is 52.0 Å². The number of hydrogen-bond donors (Lipinski definition) is 4. The molecule has 4 N–H and O–H groups in total. The van der Waals surface area contributed by atoms with E-state index in [1.807, 2.05) is 13.0 Å². The number of nitrogens with one attached hydrogen (secondary N) is 4. The second-order valence-corrected chi connectivity index (χ2v) is 12.8. The smallest absolute Gasteiger partial charge is 0.422 e. The van der Waals surface area contributed by atoms with E-state index < -0.39 is 46.6 Å². The molecule has 0 aliphatic heterocycles. The number of carbonyl (C=O) groups is 2. The molecule has 0 saturated heterocycles. The number of nitrogens with zero attached hydrogens (tertiary/aromatic N) is 3. The van der Waals surface area contributed by atoms with E-state index in [2.05, 4.69) is 35.6 Å². The molecule has 1 atom stereocenters. The van der Waals surface area contributed by atoms with Gasteiger partial charge in [-0.3, -0.25) is 14.3 Å². The minimum Gasteiger partial charge on any atom is -0.454 e. The highest BCUT2D eigenvalue weighted by molar-refractivity contribution is 7.83. The molecule has 0 bridgehead atoms. The van der Waals surface area contributed by atoms with Gasteiger partial charge in [0.1, 0.15) is 11.0 Å². The van der Waals surface area contributed by atoms with Gasteiger partial charge in [-0.1, -0.05) is 24.6 Å². The minimum atomic E-state index is -4.59. The van der Waals surface area contributed by atoms with E-state index in [0.29, 0.717) is 34.9 Å². The maximum atomic E-state index is 12.8. The second-order valence-electron chi connectivity index (χ2n) is 10.7. The van der Waals surface area contributed by atoms with Crippen molar-refractivity contribution in [2.45, 2.75) is 58.2 Å². The van der Waals surface area contributed by atoms with E-state index in [0.717, 1.165) is 18.4 Å². The predicted molar refractivity (Wildman–Crippen MR) is 161 cm³/mol. The topological polar surface area (TPSA) is 147 Å². The number of benzene rings is 1. The highest BCUT2D eigenvalue weighted by Gasteiger charge is 2.50. The van der Waals surface area contributed by atoms with Crippen molar-refractivity contribution in [1.82, 2.24) is 25.0 Å². The summed E-state index contributed by atoms with van der Waals surface area (Å²) in [6, 6.07) is 5.69. The molecule has 2 amide bonds. The molecule has 0 radical (unpaired) electrons. The maximum absolute atomic E-state index is 12.8. The molecule has 2 fully saturated rings. The van der Waals surface area contributed by atoms with Gasteiger partial charge in [0.05, 0.1) is 11.0 Å². The Morgan fingerprint density at radius 3 is 2.27 bits per heavy atom. The zero-order chi connectivity index (χ0) is 32.1. The van der Waals surface area contributed by atoms with Crippen LogP contribution in [0.4, 0.5) is 30.8 Å². The fourth-order valence-electron chi connectivity index (χ4n) is 4.14. The molecular formula is C28H33ClF3N7O4S. The van der Waals surface area contributed by atoms with Crippen molar-refractivity contribution in [3.05, 3.63) is 52.6 Å². The van der Waals surface area contributed by atoms with Gasteiger partial charge in [-0.2, -0.15) is 28.1 Å². The number of carbonyl (C=O) groups excluding carboxylic acids is 2. The Hall–Kier alpha value is -3.72. The Kier molecular flexibility index (Phi) is 10.2. The summed E-state index contributed by atoms with van der Waals surface area (Å²) in [5.74, 6) is -0.504. The molecular weight excluding hydrogens is 623 g/mol. The third-order valence-electron chi connectivity index (χ3n) is 7.19. The molecule has 11 nitrogen and oxygen atoms in total. The Morgan fingerprint density at radius 2 is 1.70 bits per heavy atom. The molecule has 1 aromatic heterocycles. The number of alkyl halides is 3. The van der Waals surface area contributed by atoms with E-state index in [1.165, 1.54) is 12.1 Å². The van der Waals surface area contributed by atoms with Crippen LogP contribution < -0.4 is 25.4 Å². The van der Waals surface area contributed by atoms with Crippen LogP contribution in [0.1, 0.15) is 56.8 Å². The molecule has 238 valence electrons. The molecule has 2 aromatic rings. The summed E-state index contributed by atoms with van der Waals surface area (Å²) >= 11 is 5.94. The van der Waals surface area contributed by atoms with Crippen molar-refractivity contribution in [2.24, 2.45) is 5.41 Å². The molecule has 2 saturated carbocycles. The van der Waals surface area contributed by atoms with Gasteiger partial charge in [-0.05, 0) is 75.4 Å². The second kappa shape index (κ2) is 13.5. The van der Waals surface area contributed by atoms with Crippen LogP contribution in [0, 0.1) is 5.41 Å². The number of ether oxygens (including phenoxy) is 1. The van der Waals surface area contributed by atoms with E-state index in [-0.39, 0.29) is 24.3 Å². The Morgan fingerprint density at radius 1 is 1.05 bits per heavy atom. The van der Waals surface area contributed by atoms with Gasteiger partial charge in [0.15, 0.2) is 6.61 Å². The van der Waals surface area contributed by atoms with Crippen molar-refractivity contribution < 1.29 is 31.7 Å². The fourth-order valence-corrected chi connectivity index (χ4v) is 4.77. The Bertz CT molecular complexity index is 1470. The van der Waals surface area contributed by atoms with Crippen molar-refractivity contribution in [3.63, 3.8) is 0 Å². The highest BCUT2D eigenvalue weighted by Crippen LogP contribution is 2.46. The monoisotopic (exact) mass is 655 g/mol. The maximum Gasteiger partial charge on any atom is 0.422 e. The van der Waals surface area contributed by atoms with E-state index in [1.54, 1.807) is 32.1 Å². The van der Waals surface area contributed by atoms with Gasteiger partial charge in [-0.25, -0.2) is 4.21 Å². The molecule has 44 heavy (non-hydrogen) atoms. The summed E-state index contributed by atoms with van der Waals surface area (Å²) in [5, 5.41) is 9.45. The first-order valence-corrected chi connectivity index (χ1v) is 15.5. The largest absolute Gasteiger partial charge is 0.454 e. The first-order valence-electron chi connectivity index (χ1n) is 13.8. The lowest BCUT2D eigenvalue weighted by Gasteiger charge is -2.19. The van der Waals surface area contributed by atoms with Gasteiger partial charge in [0.25, 0.3) is 5.91 Å². The summed E-state index contributed by atoms with van der Waals surface area (Å²) < 4.78 is 57.5. The van der Waals surface area contributed by atoms with Gasteiger partial charge >= 0.3 is 12.2 Å². The van der Waals surface area contributed by atoms with Crippen LogP contribution in [0.25, 0.3) is 0 Å². The lowest BCUT2D eigenvalue weighted by molar-refractivity contribution is -0.154. The third-order valence-corrected chi connectivity index (χ3v) is 8.26. The zero-order valence-corrected chi connectivity index (χ0v) is 25.9.